The van der Waals surface area contributed by atoms with E-state index in [1.807, 2.05) is 49.5 Å². The van der Waals surface area contributed by atoms with E-state index in [-0.39, 0.29) is 11.4 Å². The van der Waals surface area contributed by atoms with Crippen LogP contribution in [-0.2, 0) is 0 Å². The minimum Gasteiger partial charge on any atom is -0.346 e. The number of rotatable bonds is 4. The predicted octanol–water partition coefficient (Wildman–Crippen LogP) is 3.02. The van der Waals surface area contributed by atoms with E-state index >= 15 is 0 Å². The molecule has 1 amide bonds. The van der Waals surface area contributed by atoms with Crippen molar-refractivity contribution in [3.63, 3.8) is 0 Å². The molecule has 1 aromatic rings. The Labute approximate surface area is 129 Å². The molecule has 3 N–H and O–H groups in total. The van der Waals surface area contributed by atoms with E-state index in [9.17, 15) is 4.79 Å². The van der Waals surface area contributed by atoms with Gasteiger partial charge in [-0.05, 0) is 49.5 Å². The molecule has 0 aromatic heterocycles. The van der Waals surface area contributed by atoms with Crippen LogP contribution in [0.5, 0.6) is 0 Å². The summed E-state index contributed by atoms with van der Waals surface area (Å²) >= 11 is 3.98. The van der Waals surface area contributed by atoms with Gasteiger partial charge in [-0.3, -0.25) is 4.79 Å². The van der Waals surface area contributed by atoms with Crippen LogP contribution in [0.15, 0.2) is 24.3 Å². The molecule has 20 heavy (non-hydrogen) atoms. The SMILES string of the molecule is CC(C)(CN)NC(=O)c1ccc(C2SCCCS2)cc1. The molecule has 0 unspecified atom stereocenters. The van der Waals surface area contributed by atoms with Crippen molar-refractivity contribution in [1.82, 2.24) is 5.32 Å². The zero-order chi connectivity index (χ0) is 14.6. The fourth-order valence-electron chi connectivity index (χ4n) is 1.90. The van der Waals surface area contributed by atoms with Crippen LogP contribution in [0.25, 0.3) is 0 Å². The van der Waals surface area contributed by atoms with Crippen LogP contribution in [0.1, 0.15) is 40.8 Å². The van der Waals surface area contributed by atoms with Crippen LogP contribution >= 0.6 is 23.5 Å². The van der Waals surface area contributed by atoms with Crippen LogP contribution in [0.4, 0.5) is 0 Å². The second kappa shape index (κ2) is 6.87. The predicted molar refractivity (Wildman–Crippen MR) is 89.3 cm³/mol. The maximum absolute atomic E-state index is 12.1. The summed E-state index contributed by atoms with van der Waals surface area (Å²) in [6.07, 6.45) is 1.29. The lowest BCUT2D eigenvalue weighted by Crippen LogP contribution is -2.48. The van der Waals surface area contributed by atoms with E-state index in [2.05, 4.69) is 17.4 Å². The topological polar surface area (TPSA) is 55.1 Å². The third-order valence-corrected chi connectivity index (χ3v) is 6.25. The number of nitrogens with one attached hydrogen (secondary N) is 1. The van der Waals surface area contributed by atoms with Gasteiger partial charge in [0.25, 0.3) is 5.91 Å². The molecule has 0 spiro atoms. The van der Waals surface area contributed by atoms with E-state index < -0.39 is 0 Å². The summed E-state index contributed by atoms with van der Waals surface area (Å²) in [5.74, 6) is 2.39. The maximum Gasteiger partial charge on any atom is 0.251 e. The van der Waals surface area contributed by atoms with Gasteiger partial charge in [0.05, 0.1) is 4.58 Å². The van der Waals surface area contributed by atoms with Gasteiger partial charge in [0.1, 0.15) is 0 Å². The first kappa shape index (κ1) is 15.7. The molecule has 1 saturated heterocycles. The Morgan fingerprint density at radius 1 is 1.30 bits per heavy atom. The average molecular weight is 310 g/mol. The van der Waals surface area contributed by atoms with Gasteiger partial charge in [0.15, 0.2) is 0 Å². The van der Waals surface area contributed by atoms with E-state index in [0.717, 1.165) is 0 Å². The average Bonchev–Trinajstić information content (AvgIpc) is 2.48. The van der Waals surface area contributed by atoms with Gasteiger partial charge in [0, 0.05) is 17.6 Å². The number of thioether (sulfide) groups is 2. The highest BCUT2D eigenvalue weighted by atomic mass is 32.2. The second-order valence-electron chi connectivity index (χ2n) is 5.59. The summed E-state index contributed by atoms with van der Waals surface area (Å²) in [5, 5.41) is 2.95. The van der Waals surface area contributed by atoms with Crippen LogP contribution in [0.3, 0.4) is 0 Å². The number of benzene rings is 1. The van der Waals surface area contributed by atoms with E-state index in [1.165, 1.54) is 23.5 Å². The van der Waals surface area contributed by atoms with Crippen molar-refractivity contribution in [3.8, 4) is 0 Å². The Balaban J connectivity index is 2.02. The fraction of sp³-hybridized carbons (Fsp3) is 0.533. The van der Waals surface area contributed by atoms with Crippen molar-refractivity contribution in [2.24, 2.45) is 5.73 Å². The Morgan fingerprint density at radius 2 is 1.90 bits per heavy atom. The molecule has 5 heteroatoms. The molecule has 110 valence electrons. The van der Waals surface area contributed by atoms with Crippen LogP contribution < -0.4 is 11.1 Å². The number of nitrogens with two attached hydrogens (primary N) is 1. The molecular formula is C15H22N2OS2. The van der Waals surface area contributed by atoms with Gasteiger partial charge in [-0.1, -0.05) is 12.1 Å². The number of carbonyl (C=O) groups is 1. The van der Waals surface area contributed by atoms with Crippen molar-refractivity contribution in [1.29, 1.82) is 0 Å². The molecule has 1 aliphatic rings. The van der Waals surface area contributed by atoms with Crippen molar-refractivity contribution in [3.05, 3.63) is 35.4 Å². The summed E-state index contributed by atoms with van der Waals surface area (Å²) in [6, 6.07) is 7.96. The first-order valence-electron chi connectivity index (χ1n) is 6.87. The van der Waals surface area contributed by atoms with E-state index in [1.54, 1.807) is 0 Å². The molecule has 0 radical (unpaired) electrons. The van der Waals surface area contributed by atoms with Crippen molar-refractivity contribution < 1.29 is 4.79 Å². The van der Waals surface area contributed by atoms with E-state index in [4.69, 9.17) is 5.73 Å². The van der Waals surface area contributed by atoms with E-state index in [0.29, 0.717) is 16.7 Å². The normalized spacial score (nSPS) is 16.9. The Hall–Kier alpha value is -0.650. The van der Waals surface area contributed by atoms with Crippen molar-refractivity contribution in [2.45, 2.75) is 30.4 Å². The summed E-state index contributed by atoms with van der Waals surface area (Å²) in [4.78, 5) is 12.1. The van der Waals surface area contributed by atoms with Gasteiger partial charge in [-0.25, -0.2) is 0 Å². The summed E-state index contributed by atoms with van der Waals surface area (Å²) in [6.45, 7) is 4.27. The molecular weight excluding hydrogens is 288 g/mol. The minimum absolute atomic E-state index is 0.0593. The molecule has 0 aliphatic carbocycles. The molecule has 1 heterocycles. The first-order chi connectivity index (χ1) is 9.52. The zero-order valence-corrected chi connectivity index (χ0v) is 13.7. The summed E-state index contributed by atoms with van der Waals surface area (Å²) < 4.78 is 0.515. The monoisotopic (exact) mass is 310 g/mol. The lowest BCUT2D eigenvalue weighted by atomic mass is 10.0. The standard InChI is InChI=1S/C15H22N2OS2/c1-15(2,10-16)17-13(18)11-4-6-12(7-5-11)14-19-8-3-9-20-14/h4-7,14H,3,8-10,16H2,1-2H3,(H,17,18). The lowest BCUT2D eigenvalue weighted by molar-refractivity contribution is 0.0915. The van der Waals surface area contributed by atoms with Crippen LogP contribution in [0, 0.1) is 0 Å². The maximum atomic E-state index is 12.1. The van der Waals surface area contributed by atoms with Gasteiger partial charge >= 0.3 is 0 Å². The van der Waals surface area contributed by atoms with Gasteiger partial charge in [0.2, 0.25) is 0 Å². The summed E-state index contributed by atoms with van der Waals surface area (Å²) in [5.41, 5.74) is 7.26. The molecule has 2 rings (SSSR count). The van der Waals surface area contributed by atoms with Crippen LogP contribution in [-0.4, -0.2) is 29.5 Å². The number of hydrogen-bond donors (Lipinski definition) is 2. The number of amides is 1. The third-order valence-electron chi connectivity index (χ3n) is 3.23. The third kappa shape index (κ3) is 4.17. The molecule has 0 saturated carbocycles. The molecule has 0 bridgehead atoms. The molecule has 1 aromatic carbocycles. The van der Waals surface area contributed by atoms with Crippen LogP contribution in [0.2, 0.25) is 0 Å². The highest BCUT2D eigenvalue weighted by Crippen LogP contribution is 2.43. The summed E-state index contributed by atoms with van der Waals surface area (Å²) in [7, 11) is 0. The van der Waals surface area contributed by atoms with Gasteiger partial charge < -0.3 is 11.1 Å². The molecule has 3 nitrogen and oxygen atoms in total. The quantitative estimate of drug-likeness (QED) is 0.897. The highest BCUT2D eigenvalue weighted by Gasteiger charge is 2.20. The van der Waals surface area contributed by atoms with Crippen molar-refractivity contribution >= 4 is 29.4 Å². The smallest absolute Gasteiger partial charge is 0.251 e. The number of carbonyl (C=O) groups excluding carboxylic acids is 1. The Bertz CT molecular complexity index is 453. The minimum atomic E-state index is -0.370. The second-order valence-corrected chi connectivity index (χ2v) is 8.32. The zero-order valence-electron chi connectivity index (χ0n) is 12.0. The lowest BCUT2D eigenvalue weighted by Gasteiger charge is -2.24. The largest absolute Gasteiger partial charge is 0.346 e. The molecule has 1 aliphatic heterocycles. The molecule has 0 atom stereocenters. The van der Waals surface area contributed by atoms with Gasteiger partial charge in [-0.2, -0.15) is 0 Å². The van der Waals surface area contributed by atoms with Gasteiger partial charge in [-0.15, -0.1) is 23.5 Å². The first-order valence-corrected chi connectivity index (χ1v) is 8.97. The fourth-order valence-corrected chi connectivity index (χ4v) is 4.80. The highest BCUT2D eigenvalue weighted by molar-refractivity contribution is 8.16. The Morgan fingerprint density at radius 3 is 2.45 bits per heavy atom. The van der Waals surface area contributed by atoms with Crippen molar-refractivity contribution in [2.75, 3.05) is 18.1 Å². The number of hydrogen-bond acceptors (Lipinski definition) is 4. The Kier molecular flexibility index (Phi) is 5.41. The molecule has 1 fully saturated rings.